The summed E-state index contributed by atoms with van der Waals surface area (Å²) in [5, 5.41) is 4.12. The predicted octanol–water partition coefficient (Wildman–Crippen LogP) is 5.87. The molecular weight excluding hydrogens is 430 g/mol. The standard InChI is InChI=1S/C27H39N3O2S/c1-5-14-29-15-7-9-23-18-22(12-13-26(23)29)20-30(16-8-17-32-21(2)3)27(33)28-24-10-6-11-25(19-24)31-4/h6,10-13,18-19,21H,5,7-9,14-17,20H2,1-4H3,(H,28,33). The van der Waals surface area contributed by atoms with Gasteiger partial charge in [-0.3, -0.25) is 0 Å². The van der Waals surface area contributed by atoms with Gasteiger partial charge in [0, 0.05) is 50.2 Å². The molecule has 0 aromatic heterocycles. The Balaban J connectivity index is 1.72. The number of benzene rings is 2. The van der Waals surface area contributed by atoms with Crippen molar-refractivity contribution in [3.05, 3.63) is 53.6 Å². The maximum atomic E-state index is 5.84. The molecule has 1 N–H and O–H groups in total. The third kappa shape index (κ3) is 7.61. The van der Waals surface area contributed by atoms with Crippen LogP contribution in [0.5, 0.6) is 5.75 Å². The number of methoxy groups -OCH3 is 1. The summed E-state index contributed by atoms with van der Waals surface area (Å²) in [6.45, 7) is 11.0. The zero-order valence-corrected chi connectivity index (χ0v) is 21.4. The molecule has 0 aliphatic carbocycles. The minimum absolute atomic E-state index is 0.243. The van der Waals surface area contributed by atoms with Gasteiger partial charge in [-0.1, -0.05) is 25.1 Å². The Labute approximate surface area is 205 Å². The number of nitrogens with zero attached hydrogens (tertiary/aromatic N) is 2. The second kappa shape index (κ2) is 12.8. The van der Waals surface area contributed by atoms with Crippen LogP contribution in [0.15, 0.2) is 42.5 Å². The highest BCUT2D eigenvalue weighted by molar-refractivity contribution is 7.80. The lowest BCUT2D eigenvalue weighted by molar-refractivity contribution is 0.0739. The van der Waals surface area contributed by atoms with Crippen LogP contribution in [0.4, 0.5) is 11.4 Å². The highest BCUT2D eigenvalue weighted by Gasteiger charge is 2.18. The molecular formula is C27H39N3O2S. The van der Waals surface area contributed by atoms with Crippen LogP contribution >= 0.6 is 12.2 Å². The molecule has 33 heavy (non-hydrogen) atoms. The molecule has 3 rings (SSSR count). The van der Waals surface area contributed by atoms with Crippen LogP contribution in [0.1, 0.15) is 51.2 Å². The van der Waals surface area contributed by atoms with Gasteiger partial charge in [-0.05, 0) is 81.1 Å². The topological polar surface area (TPSA) is 37.0 Å². The summed E-state index contributed by atoms with van der Waals surface area (Å²) in [6.07, 6.45) is 4.72. The molecule has 2 aromatic rings. The molecule has 1 aliphatic heterocycles. The van der Waals surface area contributed by atoms with Crippen molar-refractivity contribution in [2.75, 3.05) is 43.6 Å². The fourth-order valence-electron chi connectivity index (χ4n) is 4.28. The summed E-state index contributed by atoms with van der Waals surface area (Å²) < 4.78 is 11.1. The Kier molecular flexibility index (Phi) is 9.82. The Morgan fingerprint density at radius 1 is 1.21 bits per heavy atom. The maximum Gasteiger partial charge on any atom is 0.173 e. The van der Waals surface area contributed by atoms with Crippen molar-refractivity contribution in [3.63, 3.8) is 0 Å². The lowest BCUT2D eigenvalue weighted by atomic mass is 9.99. The zero-order valence-electron chi connectivity index (χ0n) is 20.6. The van der Waals surface area contributed by atoms with Crippen LogP contribution in [-0.4, -0.2) is 49.5 Å². The first-order valence-electron chi connectivity index (χ1n) is 12.2. The van der Waals surface area contributed by atoms with Gasteiger partial charge in [0.1, 0.15) is 5.75 Å². The normalized spacial score (nSPS) is 13.1. The number of fused-ring (bicyclic) bond motifs is 1. The minimum atomic E-state index is 0.243. The number of hydrogen-bond acceptors (Lipinski definition) is 4. The number of rotatable bonds is 11. The van der Waals surface area contributed by atoms with Crippen LogP contribution < -0.4 is 15.0 Å². The van der Waals surface area contributed by atoms with E-state index in [1.807, 2.05) is 24.3 Å². The van der Waals surface area contributed by atoms with Crippen LogP contribution in [0.25, 0.3) is 0 Å². The van der Waals surface area contributed by atoms with Gasteiger partial charge in [-0.2, -0.15) is 0 Å². The van der Waals surface area contributed by atoms with Gasteiger partial charge >= 0.3 is 0 Å². The number of aryl methyl sites for hydroxylation is 1. The van der Waals surface area contributed by atoms with Crippen molar-refractivity contribution in [2.45, 2.75) is 59.1 Å². The molecule has 0 saturated heterocycles. The van der Waals surface area contributed by atoms with E-state index in [9.17, 15) is 0 Å². The van der Waals surface area contributed by atoms with Gasteiger partial charge in [0.05, 0.1) is 13.2 Å². The van der Waals surface area contributed by atoms with Crippen molar-refractivity contribution < 1.29 is 9.47 Å². The van der Waals surface area contributed by atoms with Crippen LogP contribution in [0.2, 0.25) is 0 Å². The number of hydrogen-bond donors (Lipinski definition) is 1. The van der Waals surface area contributed by atoms with Gasteiger partial charge in [-0.15, -0.1) is 0 Å². The summed E-state index contributed by atoms with van der Waals surface area (Å²) in [7, 11) is 1.68. The molecule has 0 spiro atoms. The smallest absolute Gasteiger partial charge is 0.173 e. The van der Waals surface area contributed by atoms with E-state index in [4.69, 9.17) is 21.7 Å². The molecule has 6 heteroatoms. The second-order valence-corrected chi connectivity index (χ2v) is 9.30. The number of anilines is 2. The van der Waals surface area contributed by atoms with Gasteiger partial charge in [0.25, 0.3) is 0 Å². The Morgan fingerprint density at radius 3 is 2.82 bits per heavy atom. The SMILES string of the molecule is CCCN1CCCc2cc(CN(CCCOC(C)C)C(=S)Nc3cccc(OC)c3)ccc21. The lowest BCUT2D eigenvalue weighted by Crippen LogP contribution is -2.36. The summed E-state index contributed by atoms with van der Waals surface area (Å²) in [5.41, 5.74) is 5.10. The van der Waals surface area contributed by atoms with Crippen LogP contribution in [0.3, 0.4) is 0 Å². The van der Waals surface area contributed by atoms with Gasteiger partial charge < -0.3 is 24.6 Å². The first-order chi connectivity index (χ1) is 16.0. The van der Waals surface area contributed by atoms with E-state index < -0.39 is 0 Å². The molecule has 5 nitrogen and oxygen atoms in total. The third-order valence-electron chi connectivity index (χ3n) is 5.86. The van der Waals surface area contributed by atoms with Crippen molar-refractivity contribution in [1.29, 1.82) is 0 Å². The molecule has 2 aromatic carbocycles. The van der Waals surface area contributed by atoms with Gasteiger partial charge in [-0.25, -0.2) is 0 Å². The maximum absolute atomic E-state index is 5.84. The zero-order chi connectivity index (χ0) is 23.6. The first kappa shape index (κ1) is 25.3. The molecule has 0 fully saturated rings. The molecule has 0 saturated carbocycles. The van der Waals surface area contributed by atoms with Gasteiger partial charge in [0.2, 0.25) is 0 Å². The van der Waals surface area contributed by atoms with E-state index in [1.54, 1.807) is 7.11 Å². The summed E-state index contributed by atoms with van der Waals surface area (Å²) >= 11 is 5.84. The van der Waals surface area contributed by atoms with Crippen LogP contribution in [0, 0.1) is 0 Å². The first-order valence-corrected chi connectivity index (χ1v) is 12.6. The molecule has 0 bridgehead atoms. The largest absolute Gasteiger partial charge is 0.497 e. The molecule has 1 aliphatic rings. The average molecular weight is 470 g/mol. The summed E-state index contributed by atoms with van der Waals surface area (Å²) in [6, 6.07) is 14.8. The number of ether oxygens (including phenoxy) is 2. The summed E-state index contributed by atoms with van der Waals surface area (Å²) in [5.74, 6) is 0.811. The monoisotopic (exact) mass is 469 g/mol. The van der Waals surface area contributed by atoms with Crippen molar-refractivity contribution >= 4 is 28.7 Å². The van der Waals surface area contributed by atoms with E-state index in [-0.39, 0.29) is 6.10 Å². The Bertz CT molecular complexity index is 903. The fraction of sp³-hybridized carbons (Fsp3) is 0.519. The van der Waals surface area contributed by atoms with E-state index in [1.165, 1.54) is 29.7 Å². The highest BCUT2D eigenvalue weighted by atomic mass is 32.1. The average Bonchev–Trinajstić information content (AvgIpc) is 2.81. The van der Waals surface area contributed by atoms with Crippen LogP contribution in [-0.2, 0) is 17.7 Å². The molecule has 1 heterocycles. The minimum Gasteiger partial charge on any atom is -0.497 e. The quantitative estimate of drug-likeness (QED) is 0.328. The molecule has 0 radical (unpaired) electrons. The predicted molar refractivity (Wildman–Crippen MR) is 143 cm³/mol. The van der Waals surface area contributed by atoms with Gasteiger partial charge in [0.15, 0.2) is 5.11 Å². The van der Waals surface area contributed by atoms with E-state index in [0.717, 1.165) is 62.2 Å². The lowest BCUT2D eigenvalue weighted by Gasteiger charge is -2.32. The highest BCUT2D eigenvalue weighted by Crippen LogP contribution is 2.29. The molecule has 0 unspecified atom stereocenters. The van der Waals surface area contributed by atoms with Crippen molar-refractivity contribution in [3.8, 4) is 5.75 Å². The summed E-state index contributed by atoms with van der Waals surface area (Å²) in [4.78, 5) is 4.77. The van der Waals surface area contributed by atoms with Crippen molar-refractivity contribution in [1.82, 2.24) is 4.90 Å². The Hall–Kier alpha value is -2.31. The molecule has 0 amide bonds. The number of thiocarbonyl (C=S) groups is 1. The molecule has 0 atom stereocenters. The second-order valence-electron chi connectivity index (χ2n) is 8.91. The third-order valence-corrected chi connectivity index (χ3v) is 6.22. The fourth-order valence-corrected chi connectivity index (χ4v) is 4.55. The number of nitrogens with one attached hydrogen (secondary N) is 1. The van der Waals surface area contributed by atoms with E-state index >= 15 is 0 Å². The Morgan fingerprint density at radius 2 is 2.06 bits per heavy atom. The van der Waals surface area contributed by atoms with E-state index in [0.29, 0.717) is 0 Å². The van der Waals surface area contributed by atoms with E-state index in [2.05, 4.69) is 54.1 Å². The van der Waals surface area contributed by atoms with Crippen molar-refractivity contribution in [2.24, 2.45) is 0 Å². The molecule has 180 valence electrons.